The Balaban J connectivity index is 2.49. The number of nitrogens with one attached hydrogen (secondary N) is 1. The minimum atomic E-state index is -0.977. The summed E-state index contributed by atoms with van der Waals surface area (Å²) in [5, 5.41) is 11.2. The van der Waals surface area contributed by atoms with Crippen molar-refractivity contribution in [3.8, 4) is 11.5 Å². The highest BCUT2D eigenvalue weighted by atomic mass is 16.5. The van der Waals surface area contributed by atoms with Crippen LogP contribution in [0, 0.1) is 0 Å². The molecule has 1 rings (SSSR count). The van der Waals surface area contributed by atoms with E-state index in [1.165, 1.54) is 0 Å². The van der Waals surface area contributed by atoms with E-state index in [-0.39, 0.29) is 18.7 Å². The Labute approximate surface area is 117 Å². The predicted molar refractivity (Wildman–Crippen MR) is 73.1 cm³/mol. The van der Waals surface area contributed by atoms with Crippen molar-refractivity contribution in [2.24, 2.45) is 0 Å². The highest BCUT2D eigenvalue weighted by molar-refractivity contribution is 5.80. The first-order valence-corrected chi connectivity index (χ1v) is 6.26. The minimum Gasteiger partial charge on any atom is -0.493 e. The fourth-order valence-electron chi connectivity index (χ4n) is 1.80. The van der Waals surface area contributed by atoms with Gasteiger partial charge < -0.3 is 19.9 Å². The molecule has 1 aromatic rings. The van der Waals surface area contributed by atoms with Crippen LogP contribution in [0.15, 0.2) is 18.2 Å². The molecule has 6 heteroatoms. The Kier molecular flexibility index (Phi) is 6.36. The van der Waals surface area contributed by atoms with Crippen molar-refractivity contribution in [2.45, 2.75) is 19.3 Å². The lowest BCUT2D eigenvalue weighted by molar-refractivity contribution is -0.138. The molecule has 0 aromatic heterocycles. The monoisotopic (exact) mass is 281 g/mol. The van der Waals surface area contributed by atoms with Gasteiger partial charge in [-0.2, -0.15) is 0 Å². The molecule has 6 nitrogen and oxygen atoms in total. The van der Waals surface area contributed by atoms with E-state index in [0.717, 1.165) is 5.56 Å². The van der Waals surface area contributed by atoms with E-state index in [1.807, 2.05) is 12.1 Å². The van der Waals surface area contributed by atoms with Crippen LogP contribution in [0.1, 0.15) is 18.4 Å². The highest BCUT2D eigenvalue weighted by Gasteiger charge is 2.10. The van der Waals surface area contributed by atoms with Gasteiger partial charge in [-0.05, 0) is 18.1 Å². The number of ether oxygens (including phenoxy) is 2. The van der Waals surface area contributed by atoms with E-state index in [2.05, 4.69) is 5.32 Å². The van der Waals surface area contributed by atoms with Crippen molar-refractivity contribution in [3.05, 3.63) is 23.8 Å². The molecule has 0 saturated carbocycles. The average Bonchev–Trinajstić information content (AvgIpc) is 2.44. The summed E-state index contributed by atoms with van der Waals surface area (Å²) in [6.07, 6.45) is 0.415. The number of carbonyl (C=O) groups excluding carboxylic acids is 1. The second-order valence-electron chi connectivity index (χ2n) is 4.15. The van der Waals surface area contributed by atoms with Gasteiger partial charge in [-0.3, -0.25) is 9.59 Å². The number of carboxylic acids is 1. The summed E-state index contributed by atoms with van der Waals surface area (Å²) in [4.78, 5) is 21.7. The van der Waals surface area contributed by atoms with Crippen molar-refractivity contribution in [3.63, 3.8) is 0 Å². The van der Waals surface area contributed by atoms with Crippen LogP contribution in [-0.4, -0.2) is 37.7 Å². The molecule has 0 radical (unpaired) electrons. The first-order valence-electron chi connectivity index (χ1n) is 6.26. The zero-order valence-corrected chi connectivity index (χ0v) is 11.6. The predicted octanol–water partition coefficient (Wildman–Crippen LogP) is 1.23. The Morgan fingerprint density at radius 2 is 1.95 bits per heavy atom. The van der Waals surface area contributed by atoms with E-state index >= 15 is 0 Å². The summed E-state index contributed by atoms with van der Waals surface area (Å²) in [6, 6.07) is 5.54. The zero-order valence-electron chi connectivity index (χ0n) is 11.6. The Morgan fingerprint density at radius 1 is 1.20 bits per heavy atom. The Morgan fingerprint density at radius 3 is 2.55 bits per heavy atom. The first kappa shape index (κ1) is 15.8. The van der Waals surface area contributed by atoms with Crippen LogP contribution in [0.4, 0.5) is 0 Å². The largest absolute Gasteiger partial charge is 0.493 e. The number of hydrogen-bond donors (Lipinski definition) is 2. The molecular formula is C14H19NO5. The van der Waals surface area contributed by atoms with E-state index in [4.69, 9.17) is 14.6 Å². The van der Waals surface area contributed by atoms with Gasteiger partial charge in [0.2, 0.25) is 5.91 Å². The van der Waals surface area contributed by atoms with Gasteiger partial charge in [-0.15, -0.1) is 0 Å². The standard InChI is InChI=1S/C14H19NO5/c1-19-11-5-3-4-10(14(11)20-2)8-9-15-12(16)6-7-13(17)18/h3-5H,6-9H2,1-2H3,(H,15,16)(H,17,18). The van der Waals surface area contributed by atoms with Gasteiger partial charge in [-0.25, -0.2) is 0 Å². The maximum atomic E-state index is 11.4. The highest BCUT2D eigenvalue weighted by Crippen LogP contribution is 2.30. The van der Waals surface area contributed by atoms with Crippen LogP contribution >= 0.6 is 0 Å². The van der Waals surface area contributed by atoms with Crippen molar-refractivity contribution in [1.82, 2.24) is 5.32 Å². The van der Waals surface area contributed by atoms with Gasteiger partial charge in [0.15, 0.2) is 11.5 Å². The number of hydrogen-bond acceptors (Lipinski definition) is 4. The molecule has 0 heterocycles. The van der Waals surface area contributed by atoms with Crippen molar-refractivity contribution in [2.75, 3.05) is 20.8 Å². The number of carbonyl (C=O) groups is 2. The topological polar surface area (TPSA) is 84.9 Å². The maximum absolute atomic E-state index is 11.4. The number of amides is 1. The van der Waals surface area contributed by atoms with Crippen molar-refractivity contribution < 1.29 is 24.2 Å². The van der Waals surface area contributed by atoms with Crippen LogP contribution in [0.3, 0.4) is 0 Å². The summed E-state index contributed by atoms with van der Waals surface area (Å²) < 4.78 is 10.5. The number of methoxy groups -OCH3 is 2. The molecule has 0 spiro atoms. The van der Waals surface area contributed by atoms with Gasteiger partial charge in [0.05, 0.1) is 20.6 Å². The second-order valence-corrected chi connectivity index (χ2v) is 4.15. The molecule has 1 amide bonds. The molecule has 0 aliphatic heterocycles. The van der Waals surface area contributed by atoms with Gasteiger partial charge >= 0.3 is 5.97 Å². The Bertz CT molecular complexity index is 473. The third-order valence-corrected chi connectivity index (χ3v) is 2.77. The number of benzene rings is 1. The molecule has 0 atom stereocenters. The van der Waals surface area contributed by atoms with E-state index in [0.29, 0.717) is 24.5 Å². The zero-order chi connectivity index (χ0) is 15.0. The number of rotatable bonds is 8. The van der Waals surface area contributed by atoms with E-state index < -0.39 is 5.97 Å². The number of aliphatic carboxylic acids is 1. The average molecular weight is 281 g/mol. The molecule has 20 heavy (non-hydrogen) atoms. The van der Waals surface area contributed by atoms with Crippen LogP contribution in [-0.2, 0) is 16.0 Å². The van der Waals surface area contributed by atoms with Gasteiger partial charge in [0.25, 0.3) is 0 Å². The number of carboxylic acid groups (broad SMARTS) is 1. The molecule has 0 unspecified atom stereocenters. The number of para-hydroxylation sites is 1. The maximum Gasteiger partial charge on any atom is 0.303 e. The van der Waals surface area contributed by atoms with Gasteiger partial charge in [-0.1, -0.05) is 12.1 Å². The molecule has 2 N–H and O–H groups in total. The molecular weight excluding hydrogens is 262 g/mol. The quantitative estimate of drug-likeness (QED) is 0.748. The lowest BCUT2D eigenvalue weighted by Gasteiger charge is -2.12. The van der Waals surface area contributed by atoms with E-state index in [1.54, 1.807) is 20.3 Å². The molecule has 0 aliphatic carbocycles. The van der Waals surface area contributed by atoms with Gasteiger partial charge in [0, 0.05) is 13.0 Å². The summed E-state index contributed by atoms with van der Waals surface area (Å²) in [6.45, 7) is 0.419. The van der Waals surface area contributed by atoms with Crippen LogP contribution in [0.2, 0.25) is 0 Å². The fraction of sp³-hybridized carbons (Fsp3) is 0.429. The normalized spacial score (nSPS) is 9.90. The minimum absolute atomic E-state index is 0.00935. The third kappa shape index (κ3) is 4.79. The SMILES string of the molecule is COc1cccc(CCNC(=O)CCC(=O)O)c1OC. The van der Waals surface area contributed by atoms with E-state index in [9.17, 15) is 9.59 Å². The fourth-order valence-corrected chi connectivity index (χ4v) is 1.80. The molecule has 0 fully saturated rings. The summed E-state index contributed by atoms with van der Waals surface area (Å²) >= 11 is 0. The molecule has 1 aromatic carbocycles. The van der Waals surface area contributed by atoms with Gasteiger partial charge in [0.1, 0.15) is 0 Å². The lowest BCUT2D eigenvalue weighted by atomic mass is 10.1. The summed E-state index contributed by atoms with van der Waals surface area (Å²) in [5.41, 5.74) is 0.922. The first-order chi connectivity index (χ1) is 9.58. The summed E-state index contributed by atoms with van der Waals surface area (Å²) in [5.74, 6) is 0.0425. The van der Waals surface area contributed by atoms with Crippen molar-refractivity contribution >= 4 is 11.9 Å². The van der Waals surface area contributed by atoms with Crippen LogP contribution in [0.5, 0.6) is 11.5 Å². The molecule has 0 bridgehead atoms. The smallest absolute Gasteiger partial charge is 0.303 e. The molecule has 110 valence electrons. The van der Waals surface area contributed by atoms with Crippen LogP contribution in [0.25, 0.3) is 0 Å². The second kappa shape index (κ2) is 8.04. The lowest BCUT2D eigenvalue weighted by Crippen LogP contribution is -2.26. The third-order valence-electron chi connectivity index (χ3n) is 2.77. The summed E-state index contributed by atoms with van der Waals surface area (Å²) in [7, 11) is 3.13. The molecule has 0 aliphatic rings. The molecule has 0 saturated heterocycles. The van der Waals surface area contributed by atoms with Crippen molar-refractivity contribution in [1.29, 1.82) is 0 Å². The Hall–Kier alpha value is -2.24. The van der Waals surface area contributed by atoms with Crippen LogP contribution < -0.4 is 14.8 Å².